The number of nitrogens with zero attached hydrogens (tertiary/aromatic N) is 2. The number of aromatic nitrogens is 1. The average Bonchev–Trinajstić information content (AvgIpc) is 2.88. The number of Topliss-reactive ketones (excluding diaryl/α,β-unsaturated/α-hetero) is 1. The molecule has 1 aromatic rings. The van der Waals surface area contributed by atoms with E-state index >= 15 is 0 Å². The fourth-order valence-electron chi connectivity index (χ4n) is 4.39. The summed E-state index contributed by atoms with van der Waals surface area (Å²) in [5.41, 5.74) is 1.36. The van der Waals surface area contributed by atoms with Crippen LogP contribution in [0.5, 0.6) is 0 Å². The number of ether oxygens (including phenoxy) is 1. The van der Waals surface area contributed by atoms with Gasteiger partial charge in [-0.2, -0.15) is 0 Å². The molecule has 24 heavy (non-hydrogen) atoms. The molecule has 1 aliphatic carbocycles. The molecule has 132 valence electrons. The normalized spacial score (nSPS) is 28.6. The van der Waals surface area contributed by atoms with Gasteiger partial charge in [0.2, 0.25) is 5.90 Å². The van der Waals surface area contributed by atoms with Crippen molar-refractivity contribution in [2.75, 3.05) is 6.61 Å². The lowest BCUT2D eigenvalue weighted by atomic mass is 9.62. The smallest absolute Gasteiger partial charge is 0.222 e. The van der Waals surface area contributed by atoms with E-state index in [4.69, 9.17) is 9.26 Å². The molecule has 0 radical (unpaired) electrons. The second kappa shape index (κ2) is 5.43. The van der Waals surface area contributed by atoms with Gasteiger partial charge >= 0.3 is 0 Å². The fraction of sp³-hybridized carbons (Fsp3) is 0.737. The first-order valence-corrected chi connectivity index (χ1v) is 8.69. The second-order valence-electron chi connectivity index (χ2n) is 9.30. The largest absolute Gasteiger partial charge is 0.475 e. The maximum Gasteiger partial charge on any atom is 0.222 e. The summed E-state index contributed by atoms with van der Waals surface area (Å²) < 4.78 is 11.4. The minimum Gasteiger partial charge on any atom is -0.475 e. The van der Waals surface area contributed by atoms with E-state index in [0.717, 1.165) is 23.4 Å². The number of aryl methyl sites for hydroxylation is 1. The topological polar surface area (TPSA) is 64.7 Å². The zero-order valence-corrected chi connectivity index (χ0v) is 15.7. The fourth-order valence-corrected chi connectivity index (χ4v) is 4.39. The molecule has 1 unspecified atom stereocenters. The third-order valence-electron chi connectivity index (χ3n) is 4.91. The summed E-state index contributed by atoms with van der Waals surface area (Å²) in [6.45, 7) is 13.1. The minimum absolute atomic E-state index is 0.0304. The molecule has 1 fully saturated rings. The molecule has 0 saturated heterocycles. The molecule has 2 aliphatic rings. The van der Waals surface area contributed by atoms with Gasteiger partial charge in [0, 0.05) is 19.3 Å². The SMILES string of the molecule is Cc1noc(CC2(C)CC(=O)CC(C)(C)C2)c1C1=NC(C)(C)CO1. The monoisotopic (exact) mass is 332 g/mol. The van der Waals surface area contributed by atoms with Gasteiger partial charge in [-0.05, 0) is 38.0 Å². The van der Waals surface area contributed by atoms with Crippen molar-refractivity contribution in [2.24, 2.45) is 15.8 Å². The molecule has 3 rings (SSSR count). The lowest BCUT2D eigenvalue weighted by Gasteiger charge is -2.41. The van der Waals surface area contributed by atoms with E-state index < -0.39 is 0 Å². The lowest BCUT2D eigenvalue weighted by molar-refractivity contribution is -0.127. The first-order chi connectivity index (χ1) is 11.0. The van der Waals surface area contributed by atoms with Gasteiger partial charge in [0.25, 0.3) is 0 Å². The van der Waals surface area contributed by atoms with Gasteiger partial charge < -0.3 is 9.26 Å². The van der Waals surface area contributed by atoms with Gasteiger partial charge in [-0.15, -0.1) is 0 Å². The van der Waals surface area contributed by atoms with E-state index in [1.54, 1.807) is 0 Å². The van der Waals surface area contributed by atoms with Crippen molar-refractivity contribution in [2.45, 2.75) is 72.8 Å². The van der Waals surface area contributed by atoms with E-state index in [-0.39, 0.29) is 16.4 Å². The highest BCUT2D eigenvalue weighted by Gasteiger charge is 2.42. The van der Waals surface area contributed by atoms with Crippen LogP contribution in [0, 0.1) is 17.8 Å². The number of carbonyl (C=O) groups excluding carboxylic acids is 1. The summed E-state index contributed by atoms with van der Waals surface area (Å²) in [5, 5.41) is 4.14. The zero-order chi connectivity index (χ0) is 17.8. The second-order valence-corrected chi connectivity index (χ2v) is 9.30. The Morgan fingerprint density at radius 3 is 2.42 bits per heavy atom. The van der Waals surface area contributed by atoms with Gasteiger partial charge in [-0.3, -0.25) is 4.79 Å². The van der Waals surface area contributed by atoms with E-state index in [1.807, 2.05) is 20.8 Å². The van der Waals surface area contributed by atoms with Gasteiger partial charge in [0.15, 0.2) is 0 Å². The summed E-state index contributed by atoms with van der Waals surface area (Å²) >= 11 is 0. The Hall–Kier alpha value is -1.65. The highest BCUT2D eigenvalue weighted by Crippen LogP contribution is 2.46. The number of hydrogen-bond donors (Lipinski definition) is 0. The van der Waals surface area contributed by atoms with Gasteiger partial charge in [0.05, 0.1) is 11.2 Å². The summed E-state index contributed by atoms with van der Waals surface area (Å²) in [5.74, 6) is 1.75. The Kier molecular flexibility index (Phi) is 3.89. The minimum atomic E-state index is -0.219. The average molecular weight is 332 g/mol. The maximum absolute atomic E-state index is 12.2. The number of ketones is 1. The van der Waals surface area contributed by atoms with Crippen molar-refractivity contribution in [1.29, 1.82) is 0 Å². The first-order valence-electron chi connectivity index (χ1n) is 8.69. The van der Waals surface area contributed by atoms with Crippen molar-refractivity contribution >= 4 is 11.7 Å². The highest BCUT2D eigenvalue weighted by atomic mass is 16.5. The first kappa shape index (κ1) is 17.2. The predicted octanol–water partition coefficient (Wildman–Crippen LogP) is 3.87. The third kappa shape index (κ3) is 3.40. The van der Waals surface area contributed by atoms with Crippen molar-refractivity contribution in [3.05, 3.63) is 17.0 Å². The number of rotatable bonds is 3. The Bertz CT molecular complexity index is 699. The molecule has 0 amide bonds. The molecule has 2 heterocycles. The molecule has 1 atom stereocenters. The highest BCUT2D eigenvalue weighted by molar-refractivity contribution is 5.97. The Morgan fingerprint density at radius 1 is 1.12 bits per heavy atom. The van der Waals surface area contributed by atoms with Crippen LogP contribution in [0.1, 0.15) is 70.9 Å². The van der Waals surface area contributed by atoms with Crippen molar-refractivity contribution < 1.29 is 14.1 Å². The van der Waals surface area contributed by atoms with Gasteiger partial charge in [-0.1, -0.05) is 25.9 Å². The molecule has 0 spiro atoms. The third-order valence-corrected chi connectivity index (χ3v) is 4.91. The number of aliphatic imine (C=N–C) groups is 1. The predicted molar refractivity (Wildman–Crippen MR) is 92.3 cm³/mol. The van der Waals surface area contributed by atoms with E-state index in [2.05, 4.69) is 30.9 Å². The molecule has 5 heteroatoms. The van der Waals surface area contributed by atoms with Crippen LogP contribution in [-0.2, 0) is 16.0 Å². The van der Waals surface area contributed by atoms with Crippen LogP contribution in [0.25, 0.3) is 0 Å². The van der Waals surface area contributed by atoms with Crippen LogP contribution in [0.2, 0.25) is 0 Å². The molecule has 1 aliphatic heterocycles. The number of carbonyl (C=O) groups is 1. The Morgan fingerprint density at radius 2 is 1.83 bits per heavy atom. The Labute approximate surface area is 143 Å². The zero-order valence-electron chi connectivity index (χ0n) is 15.7. The molecule has 0 bridgehead atoms. The maximum atomic E-state index is 12.2. The summed E-state index contributed by atoms with van der Waals surface area (Å²) in [6.07, 6.45) is 2.92. The molecule has 0 N–H and O–H groups in total. The lowest BCUT2D eigenvalue weighted by Crippen LogP contribution is -2.37. The molecule has 1 saturated carbocycles. The van der Waals surface area contributed by atoms with Gasteiger partial charge in [-0.25, -0.2) is 4.99 Å². The molecule has 0 aromatic carbocycles. The summed E-state index contributed by atoms with van der Waals surface area (Å²) in [7, 11) is 0. The molecule has 5 nitrogen and oxygen atoms in total. The van der Waals surface area contributed by atoms with Gasteiger partial charge in [0.1, 0.15) is 23.7 Å². The quantitative estimate of drug-likeness (QED) is 0.843. The van der Waals surface area contributed by atoms with Crippen LogP contribution in [0.4, 0.5) is 0 Å². The van der Waals surface area contributed by atoms with Crippen molar-refractivity contribution in [3.63, 3.8) is 0 Å². The van der Waals surface area contributed by atoms with Crippen molar-refractivity contribution in [1.82, 2.24) is 5.16 Å². The van der Waals surface area contributed by atoms with E-state index in [0.29, 0.717) is 37.6 Å². The Balaban J connectivity index is 1.91. The number of hydrogen-bond acceptors (Lipinski definition) is 5. The molecular weight excluding hydrogens is 304 g/mol. The van der Waals surface area contributed by atoms with Crippen LogP contribution in [0.3, 0.4) is 0 Å². The summed E-state index contributed by atoms with van der Waals surface area (Å²) in [6, 6.07) is 0. The molecular formula is C19H28N2O3. The van der Waals surface area contributed by atoms with Crippen LogP contribution < -0.4 is 0 Å². The van der Waals surface area contributed by atoms with Crippen LogP contribution in [-0.4, -0.2) is 29.0 Å². The van der Waals surface area contributed by atoms with Crippen LogP contribution in [0.15, 0.2) is 9.52 Å². The van der Waals surface area contributed by atoms with Crippen molar-refractivity contribution in [3.8, 4) is 0 Å². The standard InChI is InChI=1S/C19H28N2O3/c1-12-15(16-20-18(4,5)11-23-16)14(24-21-12)9-19(6)8-13(22)7-17(2,3)10-19/h7-11H2,1-6H3. The van der Waals surface area contributed by atoms with E-state index in [1.165, 1.54) is 0 Å². The van der Waals surface area contributed by atoms with E-state index in [9.17, 15) is 4.79 Å². The molecule has 1 aromatic heterocycles. The van der Waals surface area contributed by atoms with Crippen LogP contribution >= 0.6 is 0 Å². The summed E-state index contributed by atoms with van der Waals surface area (Å²) in [4.78, 5) is 16.9.